The molecule has 0 nitrogen and oxygen atoms in total. The van der Waals surface area contributed by atoms with Gasteiger partial charge in [0.1, 0.15) is 0 Å². The van der Waals surface area contributed by atoms with Gasteiger partial charge in [0.15, 0.2) is 0 Å². The lowest BCUT2D eigenvalue weighted by Crippen LogP contribution is -1.68. The Labute approximate surface area is 56.7 Å². The summed E-state index contributed by atoms with van der Waals surface area (Å²) in [6.45, 7) is 2.25. The number of alkyl halides is 2. The molecule has 0 aliphatic heterocycles. The van der Waals surface area contributed by atoms with E-state index in [-0.39, 0.29) is 7.92 Å². The van der Waals surface area contributed by atoms with Gasteiger partial charge in [-0.15, -0.1) is 0 Å². The highest BCUT2D eigenvalue weighted by Crippen LogP contribution is 2.33. The minimum Gasteiger partial charge on any atom is -0.0882 e. The van der Waals surface area contributed by atoms with Crippen molar-refractivity contribution in [1.29, 1.82) is 0 Å². The molecule has 0 aromatic rings. The molecule has 0 N–H and O–H groups in total. The van der Waals surface area contributed by atoms with Crippen molar-refractivity contribution in [2.75, 3.05) is 16.8 Å². The van der Waals surface area contributed by atoms with Crippen LogP contribution in [0.15, 0.2) is 0 Å². The van der Waals surface area contributed by atoms with E-state index in [9.17, 15) is 0 Å². The van der Waals surface area contributed by atoms with Crippen LogP contribution in [0.4, 0.5) is 0 Å². The summed E-state index contributed by atoms with van der Waals surface area (Å²) >= 11 is 6.75. The van der Waals surface area contributed by atoms with Gasteiger partial charge in [0, 0.05) is 10.1 Å². The van der Waals surface area contributed by atoms with Crippen LogP contribution in [0.25, 0.3) is 0 Å². The Morgan fingerprint density at radius 1 is 1.33 bits per heavy atom. The zero-order valence-corrected chi connectivity index (χ0v) is 7.68. The van der Waals surface area contributed by atoms with Crippen molar-refractivity contribution >= 4 is 39.8 Å². The standard InChI is InChI=1S/C3H7Br2P/c1-6(2-4)3-5/h2-3H2,1H3. The summed E-state index contributed by atoms with van der Waals surface area (Å²) < 4.78 is 0. The maximum atomic E-state index is 3.37. The predicted octanol–water partition coefficient (Wildman–Crippen LogP) is 2.80. The van der Waals surface area contributed by atoms with E-state index in [1.54, 1.807) is 0 Å². The molecule has 38 valence electrons. The van der Waals surface area contributed by atoms with Gasteiger partial charge in [0.2, 0.25) is 0 Å². The summed E-state index contributed by atoms with van der Waals surface area (Å²) in [7, 11) is 0.257. The third kappa shape index (κ3) is 3.58. The van der Waals surface area contributed by atoms with Gasteiger partial charge in [-0.25, -0.2) is 0 Å². The molecular weight excluding hydrogens is 227 g/mol. The van der Waals surface area contributed by atoms with Crippen LogP contribution in [0.2, 0.25) is 0 Å². The van der Waals surface area contributed by atoms with Gasteiger partial charge >= 0.3 is 0 Å². The summed E-state index contributed by atoms with van der Waals surface area (Å²) in [6.07, 6.45) is 0. The second-order valence-corrected chi connectivity index (χ2v) is 6.29. The lowest BCUT2D eigenvalue weighted by atomic mass is 11.8. The topological polar surface area (TPSA) is 0 Å². The highest BCUT2D eigenvalue weighted by atomic mass is 79.9. The van der Waals surface area contributed by atoms with Gasteiger partial charge in [-0.2, -0.15) is 0 Å². The van der Waals surface area contributed by atoms with Crippen LogP contribution >= 0.6 is 39.8 Å². The van der Waals surface area contributed by atoms with E-state index >= 15 is 0 Å². The van der Waals surface area contributed by atoms with Crippen molar-refractivity contribution in [2.45, 2.75) is 0 Å². The van der Waals surface area contributed by atoms with E-state index in [0.717, 1.165) is 10.1 Å². The fourth-order valence-corrected chi connectivity index (χ4v) is 2.59. The summed E-state index contributed by atoms with van der Waals surface area (Å²) in [4.78, 5) is 0. The average molecular weight is 234 g/mol. The normalized spacial score (nSPS) is 10.0. The largest absolute Gasteiger partial charge is 0.0882 e. The van der Waals surface area contributed by atoms with Crippen LogP contribution in [0.3, 0.4) is 0 Å². The second-order valence-electron chi connectivity index (χ2n) is 1.10. The summed E-state index contributed by atoms with van der Waals surface area (Å²) in [6, 6.07) is 0. The zero-order valence-electron chi connectivity index (χ0n) is 3.62. The molecule has 0 unspecified atom stereocenters. The molecule has 0 aromatic carbocycles. The molecule has 0 aliphatic carbocycles. The van der Waals surface area contributed by atoms with E-state index in [4.69, 9.17) is 0 Å². The van der Waals surface area contributed by atoms with E-state index in [1.807, 2.05) is 0 Å². The smallest absolute Gasteiger partial charge is 0.0240 e. The van der Waals surface area contributed by atoms with Crippen LogP contribution in [-0.2, 0) is 0 Å². The van der Waals surface area contributed by atoms with Crippen molar-refractivity contribution in [3.05, 3.63) is 0 Å². The third-order valence-electron chi connectivity index (χ3n) is 0.408. The summed E-state index contributed by atoms with van der Waals surface area (Å²) in [5, 5.41) is 2.32. The Kier molecular flexibility index (Phi) is 5.60. The lowest BCUT2D eigenvalue weighted by molar-refractivity contribution is 2.04. The van der Waals surface area contributed by atoms with Gasteiger partial charge in [0.05, 0.1) is 0 Å². The molecule has 0 saturated heterocycles. The molecule has 0 fully saturated rings. The predicted molar refractivity (Wildman–Crippen MR) is 40.4 cm³/mol. The summed E-state index contributed by atoms with van der Waals surface area (Å²) in [5.41, 5.74) is 0. The first-order valence-electron chi connectivity index (χ1n) is 1.61. The molecule has 0 heterocycles. The zero-order chi connectivity index (χ0) is 4.99. The molecule has 0 bridgehead atoms. The molecule has 0 amide bonds. The van der Waals surface area contributed by atoms with Crippen LogP contribution in [-0.4, -0.2) is 16.8 Å². The number of halogens is 2. The Bertz CT molecular complexity index is 28.0. The van der Waals surface area contributed by atoms with Crippen LogP contribution < -0.4 is 0 Å². The molecule has 0 rings (SSSR count). The van der Waals surface area contributed by atoms with Crippen LogP contribution in [0.1, 0.15) is 0 Å². The molecule has 0 atom stereocenters. The first-order valence-corrected chi connectivity index (χ1v) is 6.02. The first-order chi connectivity index (χ1) is 2.81. The molecule has 3 heteroatoms. The van der Waals surface area contributed by atoms with E-state index < -0.39 is 0 Å². The fourth-order valence-electron chi connectivity index (χ4n) is 0.0319. The highest BCUT2D eigenvalue weighted by Gasteiger charge is 1.90. The van der Waals surface area contributed by atoms with E-state index in [2.05, 4.69) is 38.5 Å². The minimum atomic E-state index is 0.257. The van der Waals surface area contributed by atoms with Crippen molar-refractivity contribution < 1.29 is 0 Å². The van der Waals surface area contributed by atoms with E-state index in [0.29, 0.717) is 0 Å². The van der Waals surface area contributed by atoms with Crippen molar-refractivity contribution in [1.82, 2.24) is 0 Å². The van der Waals surface area contributed by atoms with E-state index in [1.165, 1.54) is 0 Å². The van der Waals surface area contributed by atoms with Crippen molar-refractivity contribution in [2.24, 2.45) is 0 Å². The first kappa shape index (κ1) is 7.39. The fraction of sp³-hybridized carbons (Fsp3) is 1.00. The molecule has 0 radical (unpaired) electrons. The van der Waals surface area contributed by atoms with Crippen molar-refractivity contribution in [3.8, 4) is 0 Å². The lowest BCUT2D eigenvalue weighted by Gasteiger charge is -1.97. The van der Waals surface area contributed by atoms with Gasteiger partial charge in [-0.05, 0) is 6.66 Å². The Balaban J connectivity index is 2.75. The average Bonchev–Trinajstić information content (AvgIpc) is 1.65. The van der Waals surface area contributed by atoms with Gasteiger partial charge in [-0.3, -0.25) is 0 Å². The monoisotopic (exact) mass is 232 g/mol. The molecule has 6 heavy (non-hydrogen) atoms. The minimum absolute atomic E-state index is 0.257. The molecule has 0 spiro atoms. The van der Waals surface area contributed by atoms with Crippen LogP contribution in [0, 0.1) is 0 Å². The maximum Gasteiger partial charge on any atom is 0.0240 e. The summed E-state index contributed by atoms with van der Waals surface area (Å²) in [5.74, 6) is 0. The second kappa shape index (κ2) is 4.55. The molecule has 0 aromatic heterocycles. The molecular formula is C3H7Br2P. The number of hydrogen-bond acceptors (Lipinski definition) is 0. The Hall–Kier alpha value is 1.39. The number of hydrogen-bond donors (Lipinski definition) is 0. The maximum absolute atomic E-state index is 3.37. The molecule has 0 aliphatic rings. The Morgan fingerprint density at radius 3 is 1.67 bits per heavy atom. The van der Waals surface area contributed by atoms with Crippen molar-refractivity contribution in [3.63, 3.8) is 0 Å². The van der Waals surface area contributed by atoms with Crippen LogP contribution in [0.5, 0.6) is 0 Å². The SMILES string of the molecule is CP(CBr)CBr. The van der Waals surface area contributed by atoms with Gasteiger partial charge < -0.3 is 0 Å². The van der Waals surface area contributed by atoms with Gasteiger partial charge in [-0.1, -0.05) is 39.8 Å². The third-order valence-corrected chi connectivity index (χ3v) is 6.36. The quantitative estimate of drug-likeness (QED) is 0.509. The van der Waals surface area contributed by atoms with Gasteiger partial charge in [0.25, 0.3) is 0 Å². The highest BCUT2D eigenvalue weighted by molar-refractivity contribution is 9.11. The Morgan fingerprint density at radius 2 is 1.67 bits per heavy atom. The number of rotatable bonds is 2. The molecule has 0 saturated carbocycles.